The molecule has 0 atom stereocenters. The van der Waals surface area contributed by atoms with Crippen LogP contribution in [0.4, 0.5) is 5.69 Å². The molecule has 26 heavy (non-hydrogen) atoms. The lowest BCUT2D eigenvalue weighted by Gasteiger charge is -2.20. The average molecular weight is 364 g/mol. The Bertz CT molecular complexity index is 1080. The van der Waals surface area contributed by atoms with Gasteiger partial charge < -0.3 is 0 Å². The number of aryl methyl sites for hydroxylation is 2. The number of fused-ring (bicyclic) bond motifs is 1. The third-order valence-corrected chi connectivity index (χ3v) is 6.82. The van der Waals surface area contributed by atoms with Gasteiger partial charge in [-0.1, -0.05) is 12.1 Å². The summed E-state index contributed by atoms with van der Waals surface area (Å²) in [5.74, 6) is 0. The van der Waals surface area contributed by atoms with E-state index in [9.17, 15) is 8.42 Å². The third-order valence-electron chi connectivity index (χ3n) is 5.01. The maximum atomic E-state index is 13.1. The summed E-state index contributed by atoms with van der Waals surface area (Å²) in [4.78, 5) is 4.40. The molecule has 132 valence electrons. The predicted molar refractivity (Wildman–Crippen MR) is 104 cm³/mol. The van der Waals surface area contributed by atoms with Crippen LogP contribution in [0.15, 0.2) is 65.8 Å². The first kappa shape index (κ1) is 16.8. The molecule has 1 aromatic heterocycles. The molecule has 2 heterocycles. The van der Waals surface area contributed by atoms with Crippen LogP contribution in [-0.2, 0) is 16.4 Å². The van der Waals surface area contributed by atoms with Gasteiger partial charge in [-0.3, -0.25) is 9.29 Å². The van der Waals surface area contributed by atoms with E-state index in [2.05, 4.69) is 11.1 Å². The van der Waals surface area contributed by atoms with Gasteiger partial charge in [0.25, 0.3) is 10.0 Å². The first-order valence-corrected chi connectivity index (χ1v) is 10.0. The fourth-order valence-corrected chi connectivity index (χ4v) is 4.94. The van der Waals surface area contributed by atoms with Crippen LogP contribution in [0.2, 0.25) is 0 Å². The minimum atomic E-state index is -3.55. The molecule has 2 aromatic carbocycles. The highest BCUT2D eigenvalue weighted by molar-refractivity contribution is 7.92. The van der Waals surface area contributed by atoms with Crippen molar-refractivity contribution in [3.8, 4) is 11.1 Å². The Hall–Kier alpha value is -2.66. The van der Waals surface area contributed by atoms with Crippen LogP contribution < -0.4 is 4.31 Å². The number of rotatable bonds is 3. The van der Waals surface area contributed by atoms with Crippen molar-refractivity contribution in [2.24, 2.45) is 0 Å². The summed E-state index contributed by atoms with van der Waals surface area (Å²) in [7, 11) is -3.55. The summed E-state index contributed by atoms with van der Waals surface area (Å²) in [6.45, 7) is 4.40. The molecular formula is C21H20N2O2S. The summed E-state index contributed by atoms with van der Waals surface area (Å²) in [6.07, 6.45) is 4.25. The molecule has 0 spiro atoms. The zero-order chi connectivity index (χ0) is 18.3. The van der Waals surface area contributed by atoms with E-state index in [0.29, 0.717) is 11.4 Å². The van der Waals surface area contributed by atoms with Gasteiger partial charge >= 0.3 is 0 Å². The number of hydrogen-bond acceptors (Lipinski definition) is 3. The molecule has 0 unspecified atom stereocenters. The lowest BCUT2D eigenvalue weighted by atomic mass is 10.0. The maximum absolute atomic E-state index is 13.1. The van der Waals surface area contributed by atoms with E-state index in [1.54, 1.807) is 24.5 Å². The largest absolute Gasteiger partial charge is 0.266 e. The zero-order valence-corrected chi connectivity index (χ0v) is 15.6. The molecule has 4 nitrogen and oxygen atoms in total. The summed E-state index contributed by atoms with van der Waals surface area (Å²) in [5, 5.41) is 0. The predicted octanol–water partition coefficient (Wildman–Crippen LogP) is 4.12. The molecule has 0 aliphatic carbocycles. The fraction of sp³-hybridized carbons (Fsp3) is 0.190. The summed E-state index contributed by atoms with van der Waals surface area (Å²) >= 11 is 0. The Morgan fingerprint density at radius 3 is 2.38 bits per heavy atom. The highest BCUT2D eigenvalue weighted by Gasteiger charge is 2.31. The van der Waals surface area contributed by atoms with E-state index in [1.165, 1.54) is 4.31 Å². The van der Waals surface area contributed by atoms with Crippen LogP contribution in [-0.4, -0.2) is 19.9 Å². The van der Waals surface area contributed by atoms with E-state index >= 15 is 0 Å². The van der Waals surface area contributed by atoms with Crippen molar-refractivity contribution in [1.29, 1.82) is 0 Å². The van der Waals surface area contributed by atoms with Crippen LogP contribution in [0, 0.1) is 13.8 Å². The Labute approximate surface area is 154 Å². The Morgan fingerprint density at radius 2 is 1.65 bits per heavy atom. The molecule has 5 heteroatoms. The average Bonchev–Trinajstić information content (AvgIpc) is 3.08. The van der Waals surface area contributed by atoms with Crippen LogP contribution in [0.25, 0.3) is 11.1 Å². The SMILES string of the molecule is Cc1ccc(S(=O)(=O)N2CCc3cc(-c4ccncc4)ccc32)cc1C. The number of anilines is 1. The van der Waals surface area contributed by atoms with E-state index < -0.39 is 10.0 Å². The van der Waals surface area contributed by atoms with Crippen molar-refractivity contribution in [2.45, 2.75) is 25.2 Å². The zero-order valence-electron chi connectivity index (χ0n) is 14.8. The molecule has 0 N–H and O–H groups in total. The normalized spacial score (nSPS) is 13.7. The molecule has 3 aromatic rings. The molecular weight excluding hydrogens is 344 g/mol. The highest BCUT2D eigenvalue weighted by atomic mass is 32.2. The molecule has 0 saturated carbocycles. The number of nitrogens with zero attached hydrogens (tertiary/aromatic N) is 2. The highest BCUT2D eigenvalue weighted by Crippen LogP contribution is 2.36. The van der Waals surface area contributed by atoms with Crippen LogP contribution in [0.3, 0.4) is 0 Å². The van der Waals surface area contributed by atoms with Crippen molar-refractivity contribution in [2.75, 3.05) is 10.8 Å². The van der Waals surface area contributed by atoms with Gasteiger partial charge in [-0.15, -0.1) is 0 Å². The lowest BCUT2D eigenvalue weighted by molar-refractivity contribution is 0.592. The summed E-state index contributed by atoms with van der Waals surface area (Å²) < 4.78 is 27.8. The first-order chi connectivity index (χ1) is 12.5. The van der Waals surface area contributed by atoms with Gasteiger partial charge in [-0.05, 0) is 84.5 Å². The topological polar surface area (TPSA) is 50.3 Å². The maximum Gasteiger partial charge on any atom is 0.264 e. The van der Waals surface area contributed by atoms with Crippen LogP contribution >= 0.6 is 0 Å². The minimum absolute atomic E-state index is 0.353. The van der Waals surface area contributed by atoms with Gasteiger partial charge in [0, 0.05) is 18.9 Å². The van der Waals surface area contributed by atoms with E-state index in [-0.39, 0.29) is 0 Å². The number of aromatic nitrogens is 1. The molecule has 0 fully saturated rings. The van der Waals surface area contributed by atoms with E-state index in [4.69, 9.17) is 0 Å². The number of pyridine rings is 1. The van der Waals surface area contributed by atoms with Gasteiger partial charge in [-0.25, -0.2) is 8.42 Å². The van der Waals surface area contributed by atoms with E-state index in [0.717, 1.165) is 39.9 Å². The minimum Gasteiger partial charge on any atom is -0.266 e. The lowest BCUT2D eigenvalue weighted by Crippen LogP contribution is -2.29. The number of benzene rings is 2. The van der Waals surface area contributed by atoms with Gasteiger partial charge in [-0.2, -0.15) is 0 Å². The van der Waals surface area contributed by atoms with Crippen molar-refractivity contribution in [3.63, 3.8) is 0 Å². The van der Waals surface area contributed by atoms with Gasteiger partial charge in [0.1, 0.15) is 0 Å². The third kappa shape index (κ3) is 2.78. The molecule has 0 bridgehead atoms. The summed E-state index contributed by atoms with van der Waals surface area (Å²) in [6, 6.07) is 15.2. The standard InChI is InChI=1S/C21H20N2O2S/c1-15-3-5-20(13-16(15)2)26(24,25)23-12-9-19-14-18(4-6-21(19)23)17-7-10-22-11-8-17/h3-8,10-11,13-14H,9,12H2,1-2H3. The Morgan fingerprint density at radius 1 is 0.885 bits per heavy atom. The van der Waals surface area contributed by atoms with E-state index in [1.807, 2.05) is 44.2 Å². The molecule has 1 aliphatic heterocycles. The summed E-state index contributed by atoms with van der Waals surface area (Å²) in [5.41, 5.74) is 6.08. The second-order valence-corrected chi connectivity index (χ2v) is 8.51. The molecule has 0 amide bonds. The van der Waals surface area contributed by atoms with Gasteiger partial charge in [0.15, 0.2) is 0 Å². The number of hydrogen-bond donors (Lipinski definition) is 0. The second kappa shape index (κ2) is 6.25. The first-order valence-electron chi connectivity index (χ1n) is 8.60. The second-order valence-electron chi connectivity index (χ2n) is 6.65. The van der Waals surface area contributed by atoms with Crippen molar-refractivity contribution >= 4 is 15.7 Å². The smallest absolute Gasteiger partial charge is 0.264 e. The van der Waals surface area contributed by atoms with Crippen molar-refractivity contribution < 1.29 is 8.42 Å². The van der Waals surface area contributed by atoms with Crippen LogP contribution in [0.1, 0.15) is 16.7 Å². The Kier molecular flexibility index (Phi) is 4.04. The quantitative estimate of drug-likeness (QED) is 0.702. The van der Waals surface area contributed by atoms with Crippen molar-refractivity contribution in [1.82, 2.24) is 4.98 Å². The molecule has 0 saturated heterocycles. The number of sulfonamides is 1. The van der Waals surface area contributed by atoms with Crippen LogP contribution in [0.5, 0.6) is 0 Å². The van der Waals surface area contributed by atoms with Gasteiger partial charge in [0.2, 0.25) is 0 Å². The molecule has 4 rings (SSSR count). The molecule has 0 radical (unpaired) electrons. The Balaban J connectivity index is 1.72. The molecule has 1 aliphatic rings. The van der Waals surface area contributed by atoms with Gasteiger partial charge in [0.05, 0.1) is 10.6 Å². The monoisotopic (exact) mass is 364 g/mol. The van der Waals surface area contributed by atoms with Crippen molar-refractivity contribution in [3.05, 3.63) is 77.6 Å². The fourth-order valence-electron chi connectivity index (χ4n) is 3.35.